The zero-order valence-corrected chi connectivity index (χ0v) is 12.4. The fourth-order valence-electron chi connectivity index (χ4n) is 4.17. The summed E-state index contributed by atoms with van der Waals surface area (Å²) in [5, 5.41) is 0. The molecular weight excluding hydrogens is 328 g/mol. The third kappa shape index (κ3) is 2.51. The van der Waals surface area contributed by atoms with Gasteiger partial charge in [-0.1, -0.05) is 0 Å². The Kier molecular flexibility index (Phi) is 3.47. The summed E-state index contributed by atoms with van der Waals surface area (Å²) in [6.45, 7) is 0. The number of carbonyl (C=O) groups excluding carboxylic acids is 4. The molecule has 0 aromatic rings. The zero-order valence-electron chi connectivity index (χ0n) is 12.4. The van der Waals surface area contributed by atoms with E-state index >= 15 is 0 Å². The highest BCUT2D eigenvalue weighted by molar-refractivity contribution is 5.78. The van der Waals surface area contributed by atoms with Crippen molar-refractivity contribution >= 4 is 24.6 Å². The predicted octanol–water partition coefficient (Wildman–Crippen LogP) is 1.89. The molecule has 3 saturated heterocycles. The highest BCUT2D eigenvalue weighted by Crippen LogP contribution is 2.47. The van der Waals surface area contributed by atoms with Crippen LogP contribution in [-0.4, -0.2) is 49.0 Å². The van der Waals surface area contributed by atoms with Crippen LogP contribution in [0.1, 0.15) is 25.7 Å². The fraction of sp³-hybridized carbons (Fsp3) is 0.714. The van der Waals surface area contributed by atoms with Gasteiger partial charge in [0, 0.05) is 11.8 Å². The van der Waals surface area contributed by atoms with Gasteiger partial charge in [0.2, 0.25) is 0 Å². The molecule has 4 unspecified atom stereocenters. The molecule has 24 heavy (non-hydrogen) atoms. The zero-order chi connectivity index (χ0) is 16.8. The lowest BCUT2D eigenvalue weighted by Gasteiger charge is -2.48. The first-order valence-electron chi connectivity index (χ1n) is 7.69. The Balaban J connectivity index is 1.74. The molecule has 2 saturated carbocycles. The largest absolute Gasteiger partial charge is 0.518 e. The van der Waals surface area contributed by atoms with Crippen LogP contribution >= 0.6 is 0 Å². The van der Waals surface area contributed by atoms with E-state index in [9.17, 15) is 19.2 Å². The summed E-state index contributed by atoms with van der Waals surface area (Å²) < 4.78 is 29.7. The second kappa shape index (κ2) is 5.53. The average molecular weight is 342 g/mol. The molecule has 10 heteroatoms. The molecule has 0 radical (unpaired) electrons. The van der Waals surface area contributed by atoms with Crippen LogP contribution in [0.15, 0.2) is 0 Å². The first-order chi connectivity index (χ1) is 11.5. The summed E-state index contributed by atoms with van der Waals surface area (Å²) in [5.74, 6) is -0.973. The van der Waals surface area contributed by atoms with Gasteiger partial charge in [-0.15, -0.1) is 0 Å². The van der Waals surface area contributed by atoms with Crippen molar-refractivity contribution in [2.24, 2.45) is 11.8 Å². The summed E-state index contributed by atoms with van der Waals surface area (Å²) in [7, 11) is 0. The van der Waals surface area contributed by atoms with Crippen LogP contribution in [0.2, 0.25) is 0 Å². The highest BCUT2D eigenvalue weighted by Gasteiger charge is 2.57. The lowest BCUT2D eigenvalue weighted by molar-refractivity contribution is -0.145. The molecule has 4 bridgehead atoms. The predicted molar refractivity (Wildman–Crippen MR) is 68.7 cm³/mol. The van der Waals surface area contributed by atoms with Gasteiger partial charge in [-0.25, -0.2) is 19.2 Å². The number of rotatable bonds is 0. The highest BCUT2D eigenvalue weighted by atomic mass is 16.8. The standard InChI is InChI=1S/C14H14O10/c15-11-19-5-1-2-6(20-12(16)23-11)10-8-4-3-7(9(5)10)21-13(17)24-14(18)22-8/h5-10H,1-4H2. The smallest absolute Gasteiger partial charge is 0.430 e. The second-order valence-electron chi connectivity index (χ2n) is 6.14. The molecule has 0 amide bonds. The topological polar surface area (TPSA) is 124 Å². The van der Waals surface area contributed by atoms with Crippen LogP contribution in [-0.2, 0) is 28.4 Å². The molecule has 4 atom stereocenters. The summed E-state index contributed by atoms with van der Waals surface area (Å²) in [6.07, 6.45) is -5.62. The number of fused-ring (bicyclic) bond motifs is 8. The Bertz CT molecular complexity index is 500. The summed E-state index contributed by atoms with van der Waals surface area (Å²) in [5.41, 5.74) is 0. The van der Waals surface area contributed by atoms with Gasteiger partial charge in [0.15, 0.2) is 0 Å². The van der Waals surface area contributed by atoms with E-state index in [-0.39, 0.29) is 0 Å². The molecule has 5 fully saturated rings. The maximum Gasteiger partial charge on any atom is 0.518 e. The first kappa shape index (κ1) is 15.0. The number of hydrogen-bond donors (Lipinski definition) is 0. The van der Waals surface area contributed by atoms with E-state index in [4.69, 9.17) is 18.9 Å². The van der Waals surface area contributed by atoms with Crippen LogP contribution in [0.4, 0.5) is 19.2 Å². The first-order valence-corrected chi connectivity index (χ1v) is 7.69. The van der Waals surface area contributed by atoms with Gasteiger partial charge in [0.25, 0.3) is 0 Å². The molecule has 3 aliphatic heterocycles. The van der Waals surface area contributed by atoms with Gasteiger partial charge >= 0.3 is 24.6 Å². The van der Waals surface area contributed by atoms with Gasteiger partial charge in [-0.05, 0) is 25.7 Å². The minimum atomic E-state index is -1.17. The maximum absolute atomic E-state index is 11.6. The minimum absolute atomic E-state index is 0.407. The second-order valence-corrected chi connectivity index (χ2v) is 6.14. The third-order valence-electron chi connectivity index (χ3n) is 4.96. The van der Waals surface area contributed by atoms with Gasteiger partial charge in [-0.3, -0.25) is 0 Å². The van der Waals surface area contributed by atoms with E-state index in [0.29, 0.717) is 25.7 Å². The van der Waals surface area contributed by atoms with Crippen LogP contribution in [0, 0.1) is 11.8 Å². The quantitative estimate of drug-likeness (QED) is 0.366. The molecule has 0 N–H and O–H groups in total. The minimum Gasteiger partial charge on any atom is -0.430 e. The molecule has 0 spiro atoms. The molecule has 130 valence electrons. The Morgan fingerprint density at radius 3 is 1.00 bits per heavy atom. The number of cyclic esters (lactones) is 2. The van der Waals surface area contributed by atoms with Crippen LogP contribution in [0.3, 0.4) is 0 Å². The van der Waals surface area contributed by atoms with E-state index in [1.165, 1.54) is 0 Å². The van der Waals surface area contributed by atoms with E-state index < -0.39 is 60.9 Å². The molecule has 5 rings (SSSR count). The monoisotopic (exact) mass is 342 g/mol. The van der Waals surface area contributed by atoms with Crippen LogP contribution in [0.5, 0.6) is 0 Å². The van der Waals surface area contributed by atoms with Gasteiger partial charge in [0.1, 0.15) is 24.4 Å². The summed E-state index contributed by atoms with van der Waals surface area (Å²) in [4.78, 5) is 46.6. The molecule has 5 aliphatic rings. The number of ether oxygens (including phenoxy) is 6. The van der Waals surface area contributed by atoms with Gasteiger partial charge in [0.05, 0.1) is 0 Å². The molecule has 2 aliphatic carbocycles. The van der Waals surface area contributed by atoms with E-state index in [1.807, 2.05) is 0 Å². The Labute approximate surface area is 135 Å². The Hall–Kier alpha value is -2.52. The van der Waals surface area contributed by atoms with Crippen molar-refractivity contribution in [1.29, 1.82) is 0 Å². The summed E-state index contributed by atoms with van der Waals surface area (Å²) >= 11 is 0. The lowest BCUT2D eigenvalue weighted by atomic mass is 9.65. The normalized spacial score (nSPS) is 41.3. The maximum atomic E-state index is 11.6. The number of hydrogen-bond acceptors (Lipinski definition) is 10. The molecule has 0 aromatic carbocycles. The molecule has 10 nitrogen and oxygen atoms in total. The Morgan fingerprint density at radius 2 is 0.750 bits per heavy atom. The van der Waals surface area contributed by atoms with Crippen molar-refractivity contribution < 1.29 is 47.6 Å². The molecule has 0 aromatic heterocycles. The van der Waals surface area contributed by atoms with Crippen molar-refractivity contribution in [2.75, 3.05) is 0 Å². The van der Waals surface area contributed by atoms with Crippen molar-refractivity contribution in [3.8, 4) is 0 Å². The van der Waals surface area contributed by atoms with Crippen molar-refractivity contribution in [3.63, 3.8) is 0 Å². The lowest BCUT2D eigenvalue weighted by Crippen LogP contribution is -2.56. The summed E-state index contributed by atoms with van der Waals surface area (Å²) in [6, 6.07) is 0. The molecular formula is C14H14O10. The number of carbonyl (C=O) groups is 4. The Morgan fingerprint density at radius 1 is 0.500 bits per heavy atom. The average Bonchev–Trinajstić information content (AvgIpc) is 2.66. The SMILES string of the molecule is O=C1OC(=O)OC2CCC(O1)C1C3CCC(OC(=O)OC(=O)O3)C21. The van der Waals surface area contributed by atoms with E-state index in [2.05, 4.69) is 9.47 Å². The van der Waals surface area contributed by atoms with Gasteiger partial charge < -0.3 is 28.4 Å². The van der Waals surface area contributed by atoms with Gasteiger partial charge in [-0.2, -0.15) is 0 Å². The molecule has 3 heterocycles. The van der Waals surface area contributed by atoms with Crippen molar-refractivity contribution in [2.45, 2.75) is 50.1 Å². The van der Waals surface area contributed by atoms with E-state index in [0.717, 1.165) is 0 Å². The third-order valence-corrected chi connectivity index (χ3v) is 4.96. The van der Waals surface area contributed by atoms with Crippen molar-refractivity contribution in [3.05, 3.63) is 0 Å². The fourth-order valence-corrected chi connectivity index (χ4v) is 4.17. The van der Waals surface area contributed by atoms with E-state index in [1.54, 1.807) is 0 Å². The van der Waals surface area contributed by atoms with Crippen LogP contribution < -0.4 is 0 Å². The van der Waals surface area contributed by atoms with Crippen LogP contribution in [0.25, 0.3) is 0 Å². The van der Waals surface area contributed by atoms with Crippen molar-refractivity contribution in [1.82, 2.24) is 0 Å².